The number of nitrogens with one attached hydrogen (secondary N) is 1. The number of fused-ring (bicyclic) bond motifs is 1. The highest BCUT2D eigenvalue weighted by Gasteiger charge is 2.25. The molecular formula is C21H23FN2O3. The summed E-state index contributed by atoms with van der Waals surface area (Å²) in [6.07, 6.45) is 1.63. The number of likely N-dealkylation sites (tertiary alicyclic amines) is 1. The van der Waals surface area contributed by atoms with E-state index < -0.39 is 0 Å². The van der Waals surface area contributed by atoms with E-state index in [9.17, 15) is 9.18 Å². The van der Waals surface area contributed by atoms with Crippen molar-refractivity contribution in [1.82, 2.24) is 4.90 Å². The number of carbonyl (C=O) groups excluding carboxylic acids is 1. The molecule has 1 amide bonds. The molecule has 1 saturated heterocycles. The number of anilines is 1. The maximum atomic E-state index is 13.0. The van der Waals surface area contributed by atoms with E-state index in [0.717, 1.165) is 43.7 Å². The first-order chi connectivity index (χ1) is 13.2. The molecule has 2 aromatic carbocycles. The molecule has 4 rings (SSSR count). The number of amides is 1. The Balaban J connectivity index is 1.29. The zero-order valence-corrected chi connectivity index (χ0v) is 15.1. The lowest BCUT2D eigenvalue weighted by molar-refractivity contribution is -0.121. The fourth-order valence-electron chi connectivity index (χ4n) is 3.57. The van der Waals surface area contributed by atoms with Crippen LogP contribution in [-0.4, -0.2) is 37.1 Å². The van der Waals surface area contributed by atoms with Gasteiger partial charge in [0, 0.05) is 24.2 Å². The summed E-state index contributed by atoms with van der Waals surface area (Å²) in [5, 5.41) is 3.00. The lowest BCUT2D eigenvalue weighted by Crippen LogP contribution is -2.37. The number of hydrogen-bond acceptors (Lipinski definition) is 4. The van der Waals surface area contributed by atoms with Crippen molar-refractivity contribution >= 4 is 11.6 Å². The second-order valence-electron chi connectivity index (χ2n) is 7.02. The first kappa shape index (κ1) is 17.8. The Morgan fingerprint density at radius 2 is 1.74 bits per heavy atom. The largest absolute Gasteiger partial charge is 0.486 e. The van der Waals surface area contributed by atoms with E-state index in [1.807, 2.05) is 30.3 Å². The number of halogens is 1. The highest BCUT2D eigenvalue weighted by atomic mass is 19.1. The number of nitrogens with zero attached hydrogens (tertiary/aromatic N) is 1. The van der Waals surface area contributed by atoms with Crippen LogP contribution in [0.15, 0.2) is 42.5 Å². The zero-order valence-electron chi connectivity index (χ0n) is 15.1. The SMILES string of the molecule is O=C(Nc1ccc2c(c1)OCCO2)C1CCN(Cc2ccc(F)cc2)CC1. The summed E-state index contributed by atoms with van der Waals surface area (Å²) < 4.78 is 24.1. The fraction of sp³-hybridized carbons (Fsp3) is 0.381. The van der Waals surface area contributed by atoms with Gasteiger partial charge in [-0.3, -0.25) is 9.69 Å². The summed E-state index contributed by atoms with van der Waals surface area (Å²) in [6, 6.07) is 12.1. The molecule has 0 bridgehead atoms. The second-order valence-corrected chi connectivity index (χ2v) is 7.02. The van der Waals surface area contributed by atoms with Gasteiger partial charge in [0.2, 0.25) is 5.91 Å². The minimum atomic E-state index is -0.215. The van der Waals surface area contributed by atoms with Gasteiger partial charge in [-0.25, -0.2) is 4.39 Å². The molecule has 5 nitrogen and oxygen atoms in total. The summed E-state index contributed by atoms with van der Waals surface area (Å²) in [4.78, 5) is 14.9. The molecule has 1 fully saturated rings. The topological polar surface area (TPSA) is 50.8 Å². The number of hydrogen-bond donors (Lipinski definition) is 1. The summed E-state index contributed by atoms with van der Waals surface area (Å²) >= 11 is 0. The van der Waals surface area contributed by atoms with Gasteiger partial charge in [0.25, 0.3) is 0 Å². The molecule has 27 heavy (non-hydrogen) atoms. The molecule has 0 unspecified atom stereocenters. The minimum Gasteiger partial charge on any atom is -0.486 e. The fourth-order valence-corrected chi connectivity index (χ4v) is 3.57. The van der Waals surface area contributed by atoms with Gasteiger partial charge in [-0.05, 0) is 55.8 Å². The molecule has 2 aliphatic heterocycles. The predicted octanol–water partition coefficient (Wildman–Crippen LogP) is 3.45. The zero-order chi connectivity index (χ0) is 18.6. The summed E-state index contributed by atoms with van der Waals surface area (Å²) in [6.45, 7) is 3.58. The Kier molecular flexibility index (Phi) is 5.25. The summed E-state index contributed by atoms with van der Waals surface area (Å²) in [5.41, 5.74) is 1.83. The molecule has 0 saturated carbocycles. The molecule has 0 aliphatic carbocycles. The maximum absolute atomic E-state index is 13.0. The van der Waals surface area contributed by atoms with Crippen molar-refractivity contribution in [3.8, 4) is 11.5 Å². The van der Waals surface area contributed by atoms with E-state index in [1.165, 1.54) is 12.1 Å². The van der Waals surface area contributed by atoms with Crippen LogP contribution in [0, 0.1) is 11.7 Å². The normalized spacial score (nSPS) is 17.5. The molecule has 0 atom stereocenters. The van der Waals surface area contributed by atoms with Gasteiger partial charge >= 0.3 is 0 Å². The molecule has 2 aromatic rings. The molecule has 6 heteroatoms. The van der Waals surface area contributed by atoms with E-state index in [-0.39, 0.29) is 17.6 Å². The summed E-state index contributed by atoms with van der Waals surface area (Å²) in [7, 11) is 0. The molecule has 142 valence electrons. The molecule has 0 radical (unpaired) electrons. The highest BCUT2D eigenvalue weighted by molar-refractivity contribution is 5.93. The van der Waals surface area contributed by atoms with Crippen molar-refractivity contribution in [2.75, 3.05) is 31.6 Å². The number of rotatable bonds is 4. The van der Waals surface area contributed by atoms with Crippen molar-refractivity contribution in [3.63, 3.8) is 0 Å². The number of ether oxygens (including phenoxy) is 2. The Bertz CT molecular complexity index is 802. The molecular weight excluding hydrogens is 347 g/mol. The van der Waals surface area contributed by atoms with E-state index in [1.54, 1.807) is 0 Å². The lowest BCUT2D eigenvalue weighted by atomic mass is 9.95. The standard InChI is InChI=1S/C21H23FN2O3/c22-17-3-1-15(2-4-17)14-24-9-7-16(8-10-24)21(25)23-18-5-6-19-20(13-18)27-12-11-26-19/h1-6,13,16H,7-12,14H2,(H,23,25). The third-order valence-corrected chi connectivity index (χ3v) is 5.09. The van der Waals surface area contributed by atoms with E-state index in [2.05, 4.69) is 10.2 Å². The Morgan fingerprint density at radius 1 is 1.04 bits per heavy atom. The third-order valence-electron chi connectivity index (χ3n) is 5.09. The van der Waals surface area contributed by atoms with E-state index in [4.69, 9.17) is 9.47 Å². The quantitative estimate of drug-likeness (QED) is 0.896. The van der Waals surface area contributed by atoms with Crippen molar-refractivity contribution < 1.29 is 18.7 Å². The highest BCUT2D eigenvalue weighted by Crippen LogP contribution is 2.33. The van der Waals surface area contributed by atoms with Gasteiger partial charge in [-0.2, -0.15) is 0 Å². The monoisotopic (exact) mass is 370 g/mol. The van der Waals surface area contributed by atoms with Crippen molar-refractivity contribution in [2.45, 2.75) is 19.4 Å². The van der Waals surface area contributed by atoms with Crippen LogP contribution >= 0.6 is 0 Å². The van der Waals surface area contributed by atoms with Gasteiger partial charge < -0.3 is 14.8 Å². The lowest BCUT2D eigenvalue weighted by Gasteiger charge is -2.31. The van der Waals surface area contributed by atoms with Crippen LogP contribution in [0.1, 0.15) is 18.4 Å². The molecule has 1 N–H and O–H groups in total. The maximum Gasteiger partial charge on any atom is 0.227 e. The molecule has 0 spiro atoms. The van der Waals surface area contributed by atoms with Gasteiger partial charge in [0.05, 0.1) is 0 Å². The van der Waals surface area contributed by atoms with Crippen molar-refractivity contribution in [1.29, 1.82) is 0 Å². The van der Waals surface area contributed by atoms with Crippen molar-refractivity contribution in [3.05, 3.63) is 53.8 Å². The van der Waals surface area contributed by atoms with Crippen LogP contribution in [0.2, 0.25) is 0 Å². The third kappa shape index (κ3) is 4.39. The van der Waals surface area contributed by atoms with Crippen LogP contribution in [-0.2, 0) is 11.3 Å². The number of carbonyl (C=O) groups is 1. The first-order valence-electron chi connectivity index (χ1n) is 9.35. The van der Waals surface area contributed by atoms with E-state index in [0.29, 0.717) is 24.7 Å². The van der Waals surface area contributed by atoms with Gasteiger partial charge in [0.1, 0.15) is 19.0 Å². The van der Waals surface area contributed by atoms with Gasteiger partial charge in [-0.15, -0.1) is 0 Å². The van der Waals surface area contributed by atoms with Crippen LogP contribution in [0.25, 0.3) is 0 Å². The van der Waals surface area contributed by atoms with E-state index >= 15 is 0 Å². The minimum absolute atomic E-state index is 0.00247. The van der Waals surface area contributed by atoms with Crippen LogP contribution in [0.3, 0.4) is 0 Å². The average molecular weight is 370 g/mol. The van der Waals surface area contributed by atoms with Crippen LogP contribution < -0.4 is 14.8 Å². The smallest absolute Gasteiger partial charge is 0.227 e. The van der Waals surface area contributed by atoms with Crippen LogP contribution in [0.5, 0.6) is 11.5 Å². The first-order valence-corrected chi connectivity index (χ1v) is 9.35. The Labute approximate surface area is 158 Å². The Hall–Kier alpha value is -2.60. The van der Waals surface area contributed by atoms with Gasteiger partial charge in [0.15, 0.2) is 11.5 Å². The summed E-state index contributed by atoms with van der Waals surface area (Å²) in [5.74, 6) is 1.23. The second kappa shape index (κ2) is 7.96. The number of benzene rings is 2. The Morgan fingerprint density at radius 3 is 2.48 bits per heavy atom. The predicted molar refractivity (Wildman–Crippen MR) is 100 cm³/mol. The molecule has 2 aliphatic rings. The van der Waals surface area contributed by atoms with Crippen molar-refractivity contribution in [2.24, 2.45) is 5.92 Å². The van der Waals surface area contributed by atoms with Gasteiger partial charge in [-0.1, -0.05) is 12.1 Å². The number of piperidine rings is 1. The molecule has 0 aromatic heterocycles. The van der Waals surface area contributed by atoms with Crippen LogP contribution in [0.4, 0.5) is 10.1 Å². The average Bonchev–Trinajstić information content (AvgIpc) is 2.70. The molecule has 2 heterocycles.